The Labute approximate surface area is 336 Å². The van der Waals surface area contributed by atoms with Gasteiger partial charge in [-0.2, -0.15) is 0 Å². The molecule has 5 aliphatic carbocycles. The lowest BCUT2D eigenvalue weighted by molar-refractivity contribution is -0.0399. The van der Waals surface area contributed by atoms with Gasteiger partial charge in [0, 0.05) is 22.1 Å². The van der Waals surface area contributed by atoms with Gasteiger partial charge in [0.15, 0.2) is 0 Å². The van der Waals surface area contributed by atoms with Crippen molar-refractivity contribution in [1.29, 1.82) is 0 Å². The maximum Gasteiger partial charge on any atom is 0.0540 e. The van der Waals surface area contributed by atoms with Crippen LogP contribution in [-0.4, -0.2) is 0 Å². The van der Waals surface area contributed by atoms with Crippen LogP contribution < -0.4 is 4.90 Å². The van der Waals surface area contributed by atoms with Crippen molar-refractivity contribution in [2.24, 2.45) is 23.7 Å². The fraction of sp³-hybridized carbons (Fsp3) is 0.179. The van der Waals surface area contributed by atoms with Gasteiger partial charge >= 0.3 is 0 Å². The standard InChI is InChI=1S/C56H45N/c1-4-14-39(15-5-1)42-24-28-55(50(35-42)41-18-8-3-9-19-41)57(54-29-26-46(40-16-6-2-7-17-40)47-20-10-11-22-49(47)54)45-25-27-53-51(36-45)48-21-12-13-23-52(48)56(53)43-31-37-30-38(33-43)34-44(56)32-37/h1-29,35-38,43-44H,30-34H2. The van der Waals surface area contributed by atoms with Crippen LogP contribution in [0.4, 0.5) is 17.1 Å². The first kappa shape index (κ1) is 33.0. The number of benzene rings is 8. The van der Waals surface area contributed by atoms with Crippen LogP contribution in [0.2, 0.25) is 0 Å². The zero-order valence-corrected chi connectivity index (χ0v) is 32.2. The molecule has 8 aromatic carbocycles. The third kappa shape index (κ3) is 5.01. The summed E-state index contributed by atoms with van der Waals surface area (Å²) >= 11 is 0. The van der Waals surface area contributed by atoms with Crippen molar-refractivity contribution in [2.45, 2.75) is 37.5 Å². The van der Waals surface area contributed by atoms with Gasteiger partial charge in [-0.05, 0) is 142 Å². The molecule has 4 bridgehead atoms. The SMILES string of the molecule is c1ccc(-c2ccc(N(c3ccc4c(c3)-c3ccccc3C43C4CC5CC(C4)CC3C5)c3ccc(-c4ccccc4)c4ccccc34)c(-c3ccccc3)c2)cc1. The van der Waals surface area contributed by atoms with Crippen LogP contribution >= 0.6 is 0 Å². The van der Waals surface area contributed by atoms with Gasteiger partial charge in [0.25, 0.3) is 0 Å². The van der Waals surface area contributed by atoms with Crippen molar-refractivity contribution in [3.63, 3.8) is 0 Å². The molecule has 274 valence electrons. The molecule has 1 spiro atoms. The molecule has 0 aliphatic heterocycles. The van der Waals surface area contributed by atoms with Gasteiger partial charge in [-0.25, -0.2) is 0 Å². The second-order valence-corrected chi connectivity index (χ2v) is 17.3. The molecule has 0 aromatic heterocycles. The summed E-state index contributed by atoms with van der Waals surface area (Å²) in [6, 6.07) is 70.5. The summed E-state index contributed by atoms with van der Waals surface area (Å²) in [5, 5.41) is 2.50. The predicted molar refractivity (Wildman–Crippen MR) is 238 cm³/mol. The number of fused-ring (bicyclic) bond motifs is 4. The van der Waals surface area contributed by atoms with E-state index >= 15 is 0 Å². The summed E-state index contributed by atoms with van der Waals surface area (Å²) in [6.07, 6.45) is 7.03. The molecule has 4 saturated carbocycles. The molecule has 4 fully saturated rings. The Morgan fingerprint density at radius 3 is 1.61 bits per heavy atom. The van der Waals surface area contributed by atoms with Crippen LogP contribution in [0.1, 0.15) is 43.2 Å². The van der Waals surface area contributed by atoms with E-state index in [2.05, 4.69) is 193 Å². The molecule has 0 unspecified atom stereocenters. The van der Waals surface area contributed by atoms with E-state index in [0.29, 0.717) is 0 Å². The highest BCUT2D eigenvalue weighted by molar-refractivity contribution is 6.07. The Balaban J connectivity index is 1.12. The van der Waals surface area contributed by atoms with Crippen LogP contribution in [0.3, 0.4) is 0 Å². The minimum Gasteiger partial charge on any atom is -0.309 e. The van der Waals surface area contributed by atoms with Crippen molar-refractivity contribution in [1.82, 2.24) is 0 Å². The summed E-state index contributed by atoms with van der Waals surface area (Å²) in [6.45, 7) is 0. The van der Waals surface area contributed by atoms with Crippen molar-refractivity contribution in [2.75, 3.05) is 4.90 Å². The molecule has 0 heterocycles. The molecule has 1 nitrogen and oxygen atoms in total. The summed E-state index contributed by atoms with van der Waals surface area (Å²) in [5.41, 5.74) is 17.1. The van der Waals surface area contributed by atoms with E-state index in [0.717, 1.165) is 23.7 Å². The van der Waals surface area contributed by atoms with E-state index < -0.39 is 0 Å². The van der Waals surface area contributed by atoms with E-state index in [9.17, 15) is 0 Å². The molecule has 1 heteroatoms. The maximum absolute atomic E-state index is 2.57. The summed E-state index contributed by atoms with van der Waals surface area (Å²) < 4.78 is 0. The fourth-order valence-corrected chi connectivity index (χ4v) is 12.4. The monoisotopic (exact) mass is 731 g/mol. The van der Waals surface area contributed by atoms with Gasteiger partial charge < -0.3 is 4.90 Å². The lowest BCUT2D eigenvalue weighted by Crippen LogP contribution is -2.55. The van der Waals surface area contributed by atoms with Crippen LogP contribution in [0, 0.1) is 23.7 Å². The largest absolute Gasteiger partial charge is 0.309 e. The summed E-state index contributed by atoms with van der Waals surface area (Å²) in [7, 11) is 0. The molecule has 8 aromatic rings. The lowest BCUT2D eigenvalue weighted by Gasteiger charge is -2.61. The molecule has 0 radical (unpaired) electrons. The predicted octanol–water partition coefficient (Wildman–Crippen LogP) is 15.0. The summed E-state index contributed by atoms with van der Waals surface area (Å²) in [4.78, 5) is 2.57. The highest BCUT2D eigenvalue weighted by atomic mass is 15.1. The van der Waals surface area contributed by atoms with Crippen LogP contribution in [0.5, 0.6) is 0 Å². The van der Waals surface area contributed by atoms with Gasteiger partial charge in [0.2, 0.25) is 0 Å². The van der Waals surface area contributed by atoms with Crippen LogP contribution in [0.15, 0.2) is 188 Å². The lowest BCUT2D eigenvalue weighted by atomic mass is 9.43. The Bertz CT molecular complexity index is 2770. The van der Waals surface area contributed by atoms with E-state index in [1.165, 1.54) is 104 Å². The Hall–Kier alpha value is -6.18. The van der Waals surface area contributed by atoms with Gasteiger partial charge in [0.05, 0.1) is 11.4 Å². The van der Waals surface area contributed by atoms with Crippen molar-refractivity contribution in [3.05, 3.63) is 199 Å². The van der Waals surface area contributed by atoms with Crippen molar-refractivity contribution < 1.29 is 0 Å². The summed E-state index contributed by atoms with van der Waals surface area (Å²) in [5.74, 6) is 3.32. The quantitative estimate of drug-likeness (QED) is 0.165. The molecular weight excluding hydrogens is 687 g/mol. The zero-order valence-electron chi connectivity index (χ0n) is 32.2. The average molecular weight is 732 g/mol. The second-order valence-electron chi connectivity index (χ2n) is 17.3. The normalized spacial score (nSPS) is 22.5. The molecule has 5 aliphatic rings. The highest BCUT2D eigenvalue weighted by Gasteiger charge is 2.61. The first-order chi connectivity index (χ1) is 28.2. The van der Waals surface area contributed by atoms with Gasteiger partial charge in [-0.15, -0.1) is 0 Å². The van der Waals surface area contributed by atoms with E-state index in [1.54, 1.807) is 11.1 Å². The Morgan fingerprint density at radius 1 is 0.351 bits per heavy atom. The van der Waals surface area contributed by atoms with E-state index in [-0.39, 0.29) is 5.41 Å². The zero-order chi connectivity index (χ0) is 37.5. The smallest absolute Gasteiger partial charge is 0.0540 e. The number of hydrogen-bond donors (Lipinski definition) is 0. The first-order valence-electron chi connectivity index (χ1n) is 21.1. The number of hydrogen-bond acceptors (Lipinski definition) is 1. The molecule has 0 amide bonds. The third-order valence-corrected chi connectivity index (χ3v) is 14.5. The van der Waals surface area contributed by atoms with Crippen LogP contribution in [-0.2, 0) is 5.41 Å². The topological polar surface area (TPSA) is 3.24 Å². The van der Waals surface area contributed by atoms with Gasteiger partial charge in [0.1, 0.15) is 0 Å². The second kappa shape index (κ2) is 12.9. The minimum atomic E-state index is 0.138. The van der Waals surface area contributed by atoms with E-state index in [1.807, 2.05) is 0 Å². The Kier molecular flexibility index (Phi) is 7.49. The molecule has 13 rings (SSSR count). The fourth-order valence-electron chi connectivity index (χ4n) is 12.4. The van der Waals surface area contributed by atoms with E-state index in [4.69, 9.17) is 0 Å². The van der Waals surface area contributed by atoms with Gasteiger partial charge in [-0.3, -0.25) is 0 Å². The number of rotatable bonds is 6. The number of anilines is 3. The first-order valence-corrected chi connectivity index (χ1v) is 21.1. The third-order valence-electron chi connectivity index (χ3n) is 14.5. The highest BCUT2D eigenvalue weighted by Crippen LogP contribution is 2.69. The molecule has 57 heavy (non-hydrogen) atoms. The molecule has 0 saturated heterocycles. The molecular formula is C56H45N. The van der Waals surface area contributed by atoms with Gasteiger partial charge in [-0.1, -0.05) is 158 Å². The molecule has 0 atom stereocenters. The Morgan fingerprint density at radius 2 is 0.912 bits per heavy atom. The van der Waals surface area contributed by atoms with Crippen LogP contribution in [0.25, 0.3) is 55.3 Å². The minimum absolute atomic E-state index is 0.138. The average Bonchev–Trinajstić information content (AvgIpc) is 3.56. The van der Waals surface area contributed by atoms with Crippen molar-refractivity contribution >= 4 is 27.8 Å². The maximum atomic E-state index is 2.57. The molecule has 0 N–H and O–H groups in total. The number of nitrogens with zero attached hydrogens (tertiary/aromatic N) is 1. The van der Waals surface area contributed by atoms with Crippen molar-refractivity contribution in [3.8, 4) is 44.5 Å².